The predicted molar refractivity (Wildman–Crippen MR) is 70.6 cm³/mol. The predicted octanol–water partition coefficient (Wildman–Crippen LogP) is 2.27. The van der Waals surface area contributed by atoms with Crippen LogP contribution in [0.1, 0.15) is 40.0 Å². The van der Waals surface area contributed by atoms with E-state index in [0.29, 0.717) is 18.6 Å². The van der Waals surface area contributed by atoms with Crippen molar-refractivity contribution < 1.29 is 19.1 Å². The molecule has 0 N–H and O–H groups in total. The SMILES string of the molecule is CCOC(=O)C1=CC(OC(CC)CC)C2C(=O)C2C1. The molecule has 19 heavy (non-hydrogen) atoms. The van der Waals surface area contributed by atoms with Gasteiger partial charge in [0.05, 0.1) is 24.7 Å². The number of carbonyl (C=O) groups is 2. The Bertz CT molecular complexity index is 395. The maximum Gasteiger partial charge on any atom is 0.333 e. The molecule has 0 heterocycles. The lowest BCUT2D eigenvalue weighted by Gasteiger charge is -2.23. The molecule has 3 unspecified atom stereocenters. The largest absolute Gasteiger partial charge is 0.463 e. The Labute approximate surface area is 114 Å². The van der Waals surface area contributed by atoms with Crippen LogP contribution in [0, 0.1) is 11.8 Å². The number of hydrogen-bond acceptors (Lipinski definition) is 4. The second-order valence-electron chi connectivity index (χ2n) is 5.19. The summed E-state index contributed by atoms with van der Waals surface area (Å²) in [5.41, 5.74) is 0.602. The van der Waals surface area contributed by atoms with E-state index in [4.69, 9.17) is 9.47 Å². The van der Waals surface area contributed by atoms with Crippen LogP contribution in [0.2, 0.25) is 0 Å². The van der Waals surface area contributed by atoms with E-state index >= 15 is 0 Å². The molecular formula is C15H22O4. The van der Waals surface area contributed by atoms with Crippen LogP contribution in [0.25, 0.3) is 0 Å². The zero-order valence-corrected chi connectivity index (χ0v) is 11.8. The zero-order chi connectivity index (χ0) is 14.0. The van der Waals surface area contributed by atoms with Crippen LogP contribution < -0.4 is 0 Å². The summed E-state index contributed by atoms with van der Waals surface area (Å²) in [6, 6.07) is 0. The van der Waals surface area contributed by atoms with Gasteiger partial charge in [-0.2, -0.15) is 0 Å². The van der Waals surface area contributed by atoms with Gasteiger partial charge in [0.25, 0.3) is 0 Å². The van der Waals surface area contributed by atoms with Crippen molar-refractivity contribution in [1.82, 2.24) is 0 Å². The van der Waals surface area contributed by atoms with Crippen molar-refractivity contribution in [2.75, 3.05) is 6.61 Å². The average Bonchev–Trinajstić information content (AvgIpc) is 3.07. The number of carbonyl (C=O) groups excluding carboxylic acids is 2. The summed E-state index contributed by atoms with van der Waals surface area (Å²) in [5.74, 6) is -0.132. The maximum absolute atomic E-state index is 11.8. The summed E-state index contributed by atoms with van der Waals surface area (Å²) in [7, 11) is 0. The Morgan fingerprint density at radius 2 is 2.05 bits per heavy atom. The molecule has 1 saturated carbocycles. The van der Waals surface area contributed by atoms with Crippen LogP contribution in [-0.4, -0.2) is 30.6 Å². The van der Waals surface area contributed by atoms with Gasteiger partial charge in [0.15, 0.2) is 0 Å². The van der Waals surface area contributed by atoms with Crippen molar-refractivity contribution >= 4 is 11.8 Å². The molecule has 3 atom stereocenters. The highest BCUT2D eigenvalue weighted by molar-refractivity contribution is 6.03. The summed E-state index contributed by atoms with van der Waals surface area (Å²) in [4.78, 5) is 23.5. The van der Waals surface area contributed by atoms with E-state index < -0.39 is 0 Å². The molecule has 2 aliphatic carbocycles. The average molecular weight is 266 g/mol. The van der Waals surface area contributed by atoms with Gasteiger partial charge >= 0.3 is 5.97 Å². The maximum atomic E-state index is 11.8. The second-order valence-corrected chi connectivity index (χ2v) is 5.19. The van der Waals surface area contributed by atoms with Gasteiger partial charge in [-0.25, -0.2) is 4.79 Å². The molecule has 0 radical (unpaired) electrons. The molecule has 2 rings (SSSR count). The Hall–Kier alpha value is -1.16. The highest BCUT2D eigenvalue weighted by Gasteiger charge is 2.56. The zero-order valence-electron chi connectivity index (χ0n) is 11.8. The summed E-state index contributed by atoms with van der Waals surface area (Å²) < 4.78 is 11.0. The molecule has 0 amide bonds. The number of rotatable bonds is 6. The Morgan fingerprint density at radius 3 is 2.63 bits per heavy atom. The van der Waals surface area contributed by atoms with Gasteiger partial charge in [0.2, 0.25) is 0 Å². The molecule has 0 spiro atoms. The van der Waals surface area contributed by atoms with Crippen molar-refractivity contribution in [3.63, 3.8) is 0 Å². The van der Waals surface area contributed by atoms with Crippen LogP contribution in [0.15, 0.2) is 11.6 Å². The number of fused-ring (bicyclic) bond motifs is 1. The topological polar surface area (TPSA) is 52.6 Å². The van der Waals surface area contributed by atoms with E-state index in [1.807, 2.05) is 6.08 Å². The molecule has 4 nitrogen and oxygen atoms in total. The van der Waals surface area contributed by atoms with Crippen molar-refractivity contribution in [3.05, 3.63) is 11.6 Å². The molecular weight excluding hydrogens is 244 g/mol. The highest BCUT2D eigenvalue weighted by Crippen LogP contribution is 2.47. The van der Waals surface area contributed by atoms with Crippen LogP contribution in [0.3, 0.4) is 0 Å². The van der Waals surface area contributed by atoms with Gasteiger partial charge in [-0.1, -0.05) is 13.8 Å². The standard InChI is InChI=1S/C15H22O4/c1-4-10(5-2)19-12-8-9(15(17)18-6-3)7-11-13(12)14(11)16/h8,10-13H,4-7H2,1-3H3. The molecule has 0 aliphatic heterocycles. The minimum absolute atomic E-state index is 0.0243. The third-order valence-electron chi connectivity index (χ3n) is 3.98. The van der Waals surface area contributed by atoms with Crippen LogP contribution >= 0.6 is 0 Å². The summed E-state index contributed by atoms with van der Waals surface area (Å²) in [6.07, 6.45) is 4.07. The van der Waals surface area contributed by atoms with Crippen LogP contribution in [-0.2, 0) is 19.1 Å². The molecule has 106 valence electrons. The number of ether oxygens (including phenoxy) is 2. The second kappa shape index (κ2) is 5.87. The number of ketones is 1. The van der Waals surface area contributed by atoms with Crippen LogP contribution in [0.4, 0.5) is 0 Å². The molecule has 1 fully saturated rings. The van der Waals surface area contributed by atoms with E-state index in [0.717, 1.165) is 12.8 Å². The van der Waals surface area contributed by atoms with E-state index in [1.165, 1.54) is 0 Å². The summed E-state index contributed by atoms with van der Waals surface area (Å²) in [5, 5.41) is 0. The van der Waals surface area contributed by atoms with E-state index in [1.54, 1.807) is 6.92 Å². The highest BCUT2D eigenvalue weighted by atomic mass is 16.5. The fraction of sp³-hybridized carbons (Fsp3) is 0.733. The molecule has 0 bridgehead atoms. The van der Waals surface area contributed by atoms with Crippen LogP contribution in [0.5, 0.6) is 0 Å². The van der Waals surface area contributed by atoms with Crippen molar-refractivity contribution in [2.24, 2.45) is 11.8 Å². The van der Waals surface area contributed by atoms with E-state index in [2.05, 4.69) is 13.8 Å². The fourth-order valence-corrected chi connectivity index (χ4v) is 2.74. The first kappa shape index (κ1) is 14.3. The lowest BCUT2D eigenvalue weighted by atomic mass is 9.97. The lowest BCUT2D eigenvalue weighted by molar-refractivity contribution is -0.139. The number of Topliss-reactive ketones (excluding diaryl/α,β-unsaturated/α-hetero) is 1. The molecule has 0 aromatic rings. The first-order valence-electron chi connectivity index (χ1n) is 7.19. The third kappa shape index (κ3) is 2.89. The van der Waals surface area contributed by atoms with Crippen molar-refractivity contribution in [2.45, 2.75) is 52.2 Å². The lowest BCUT2D eigenvalue weighted by Crippen LogP contribution is -2.26. The van der Waals surface area contributed by atoms with Gasteiger partial charge in [0.1, 0.15) is 5.78 Å². The smallest absolute Gasteiger partial charge is 0.333 e. The van der Waals surface area contributed by atoms with Gasteiger partial charge in [-0.3, -0.25) is 4.79 Å². The summed E-state index contributed by atoms with van der Waals surface area (Å²) in [6.45, 7) is 6.28. The number of hydrogen-bond donors (Lipinski definition) is 0. The molecule has 0 aromatic heterocycles. The quantitative estimate of drug-likeness (QED) is 0.692. The van der Waals surface area contributed by atoms with Gasteiger partial charge in [-0.15, -0.1) is 0 Å². The number of esters is 1. The third-order valence-corrected chi connectivity index (χ3v) is 3.98. The minimum atomic E-state index is -0.307. The first-order chi connectivity index (χ1) is 9.12. The van der Waals surface area contributed by atoms with Gasteiger partial charge < -0.3 is 9.47 Å². The Morgan fingerprint density at radius 1 is 1.37 bits per heavy atom. The van der Waals surface area contributed by atoms with E-state index in [-0.39, 0.29) is 35.8 Å². The van der Waals surface area contributed by atoms with Gasteiger partial charge in [-0.05, 0) is 32.3 Å². The Kier molecular flexibility index (Phi) is 4.40. The van der Waals surface area contributed by atoms with E-state index in [9.17, 15) is 9.59 Å². The molecule has 4 heteroatoms. The molecule has 2 aliphatic rings. The van der Waals surface area contributed by atoms with Crippen molar-refractivity contribution in [1.29, 1.82) is 0 Å². The molecule has 0 aromatic carbocycles. The van der Waals surface area contributed by atoms with Gasteiger partial charge in [0, 0.05) is 11.5 Å². The first-order valence-corrected chi connectivity index (χ1v) is 7.19. The summed E-state index contributed by atoms with van der Waals surface area (Å²) >= 11 is 0. The van der Waals surface area contributed by atoms with Crippen molar-refractivity contribution in [3.8, 4) is 0 Å². The fourth-order valence-electron chi connectivity index (χ4n) is 2.74. The monoisotopic (exact) mass is 266 g/mol. The normalized spacial score (nSPS) is 28.9. The Balaban J connectivity index is 2.08. The minimum Gasteiger partial charge on any atom is -0.463 e. The molecule has 0 saturated heterocycles.